The van der Waals surface area contributed by atoms with Crippen molar-refractivity contribution >= 4 is 23.2 Å². The molecule has 0 aromatic heterocycles. The van der Waals surface area contributed by atoms with Crippen LogP contribution in [0, 0.1) is 5.82 Å². The predicted molar refractivity (Wildman–Crippen MR) is 70.3 cm³/mol. The van der Waals surface area contributed by atoms with Gasteiger partial charge in [-0.3, -0.25) is 4.79 Å². The van der Waals surface area contributed by atoms with Gasteiger partial charge in [-0.15, -0.1) is 0 Å². The fourth-order valence-electron chi connectivity index (χ4n) is 2.29. The van der Waals surface area contributed by atoms with E-state index in [4.69, 9.17) is 11.6 Å². The topological polar surface area (TPSA) is 41.1 Å². The number of carbonyl (C=O) groups excluding carboxylic acids is 1. The highest BCUT2D eigenvalue weighted by molar-refractivity contribution is 6.31. The third-order valence-electron chi connectivity index (χ3n) is 3.46. The van der Waals surface area contributed by atoms with E-state index in [1.165, 1.54) is 18.2 Å². The van der Waals surface area contributed by atoms with E-state index in [1.807, 2.05) is 6.92 Å². The summed E-state index contributed by atoms with van der Waals surface area (Å²) >= 11 is 5.68. The van der Waals surface area contributed by atoms with Gasteiger partial charge in [0.15, 0.2) is 0 Å². The van der Waals surface area contributed by atoms with Gasteiger partial charge in [0.25, 0.3) is 0 Å². The number of amides is 1. The minimum atomic E-state index is -0.499. The van der Waals surface area contributed by atoms with Crippen LogP contribution in [0.2, 0.25) is 5.02 Å². The van der Waals surface area contributed by atoms with Gasteiger partial charge in [-0.2, -0.15) is 0 Å². The molecule has 1 aromatic carbocycles. The first-order valence-electron chi connectivity index (χ1n) is 6.09. The maximum atomic E-state index is 13.0. The number of hydrogen-bond donors (Lipinski definition) is 2. The smallest absolute Gasteiger partial charge is 0.244 e. The molecule has 0 saturated carbocycles. The standard InChI is InChI=1S/C13H16ClFN2O/c1-2-13(6-3-7-16-13)12(18)17-9-4-5-11(15)10(14)8-9/h4-5,8,16H,2-3,6-7H2,1H3,(H,17,18). The number of anilines is 1. The van der Waals surface area contributed by atoms with Gasteiger partial charge in [0.2, 0.25) is 5.91 Å². The lowest BCUT2D eigenvalue weighted by atomic mass is 9.93. The molecule has 0 aliphatic carbocycles. The van der Waals surface area contributed by atoms with Crippen molar-refractivity contribution in [2.45, 2.75) is 31.7 Å². The summed E-state index contributed by atoms with van der Waals surface area (Å²) in [6, 6.07) is 4.18. The van der Waals surface area contributed by atoms with Gasteiger partial charge in [0.05, 0.1) is 10.6 Å². The van der Waals surface area contributed by atoms with Crippen LogP contribution in [0.4, 0.5) is 10.1 Å². The van der Waals surface area contributed by atoms with E-state index in [0.29, 0.717) is 5.69 Å². The molecule has 1 atom stereocenters. The monoisotopic (exact) mass is 270 g/mol. The Morgan fingerprint density at radius 3 is 2.94 bits per heavy atom. The highest BCUT2D eigenvalue weighted by atomic mass is 35.5. The van der Waals surface area contributed by atoms with E-state index >= 15 is 0 Å². The first-order chi connectivity index (χ1) is 8.57. The minimum absolute atomic E-state index is 0.0118. The molecule has 1 aliphatic heterocycles. The maximum Gasteiger partial charge on any atom is 0.244 e. The Kier molecular flexibility index (Phi) is 3.88. The van der Waals surface area contributed by atoms with E-state index in [0.717, 1.165) is 25.8 Å². The van der Waals surface area contributed by atoms with E-state index in [2.05, 4.69) is 10.6 Å². The van der Waals surface area contributed by atoms with Crippen molar-refractivity contribution < 1.29 is 9.18 Å². The van der Waals surface area contributed by atoms with Crippen molar-refractivity contribution in [3.63, 3.8) is 0 Å². The van der Waals surface area contributed by atoms with Crippen LogP contribution in [0.25, 0.3) is 0 Å². The van der Waals surface area contributed by atoms with Gasteiger partial charge >= 0.3 is 0 Å². The Morgan fingerprint density at radius 1 is 1.61 bits per heavy atom. The van der Waals surface area contributed by atoms with Gasteiger partial charge in [0.1, 0.15) is 5.82 Å². The summed E-state index contributed by atoms with van der Waals surface area (Å²) in [5, 5.41) is 6.05. The Balaban J connectivity index is 2.13. The zero-order chi connectivity index (χ0) is 13.2. The second kappa shape index (κ2) is 5.24. The van der Waals surface area contributed by atoms with E-state index < -0.39 is 11.4 Å². The zero-order valence-electron chi connectivity index (χ0n) is 10.2. The summed E-state index contributed by atoms with van der Waals surface area (Å²) in [5.41, 5.74) is 0.0221. The van der Waals surface area contributed by atoms with Crippen molar-refractivity contribution in [1.82, 2.24) is 5.32 Å². The maximum absolute atomic E-state index is 13.0. The van der Waals surface area contributed by atoms with Gasteiger partial charge in [0, 0.05) is 5.69 Å². The molecule has 0 spiro atoms. The fraction of sp³-hybridized carbons (Fsp3) is 0.462. The number of halogens is 2. The summed E-state index contributed by atoms with van der Waals surface area (Å²) in [7, 11) is 0. The van der Waals surface area contributed by atoms with Crippen LogP contribution in [-0.4, -0.2) is 18.0 Å². The van der Waals surface area contributed by atoms with E-state index in [1.54, 1.807) is 0 Å². The Labute approximate surface area is 111 Å². The summed E-state index contributed by atoms with van der Waals surface area (Å²) in [5.74, 6) is -0.566. The summed E-state index contributed by atoms with van der Waals surface area (Å²) < 4.78 is 13.0. The minimum Gasteiger partial charge on any atom is -0.324 e. The van der Waals surface area contributed by atoms with Crippen molar-refractivity contribution in [1.29, 1.82) is 0 Å². The lowest BCUT2D eigenvalue weighted by Gasteiger charge is -2.26. The quantitative estimate of drug-likeness (QED) is 0.887. The predicted octanol–water partition coefficient (Wildman–Crippen LogP) is 2.95. The molecular weight excluding hydrogens is 255 g/mol. The number of benzene rings is 1. The summed E-state index contributed by atoms with van der Waals surface area (Å²) in [6.45, 7) is 2.83. The molecule has 1 saturated heterocycles. The largest absolute Gasteiger partial charge is 0.324 e. The first kappa shape index (κ1) is 13.3. The molecule has 18 heavy (non-hydrogen) atoms. The molecule has 1 heterocycles. The van der Waals surface area contributed by atoms with Gasteiger partial charge in [-0.05, 0) is 44.0 Å². The molecule has 1 aromatic rings. The molecule has 3 nitrogen and oxygen atoms in total. The SMILES string of the molecule is CCC1(C(=O)Nc2ccc(F)c(Cl)c2)CCCN1. The average Bonchev–Trinajstić information content (AvgIpc) is 2.84. The summed E-state index contributed by atoms with van der Waals surface area (Å²) in [6.07, 6.45) is 2.55. The van der Waals surface area contributed by atoms with Crippen LogP contribution in [0.5, 0.6) is 0 Å². The molecule has 5 heteroatoms. The molecule has 98 valence electrons. The highest BCUT2D eigenvalue weighted by Crippen LogP contribution is 2.26. The van der Waals surface area contributed by atoms with Gasteiger partial charge < -0.3 is 10.6 Å². The van der Waals surface area contributed by atoms with Gasteiger partial charge in [-0.25, -0.2) is 4.39 Å². The van der Waals surface area contributed by atoms with Crippen LogP contribution in [0.15, 0.2) is 18.2 Å². The number of carbonyl (C=O) groups is 1. The van der Waals surface area contributed by atoms with E-state index in [9.17, 15) is 9.18 Å². The van der Waals surface area contributed by atoms with Gasteiger partial charge in [-0.1, -0.05) is 18.5 Å². The highest BCUT2D eigenvalue weighted by Gasteiger charge is 2.39. The second-order valence-electron chi connectivity index (χ2n) is 4.55. The van der Waals surface area contributed by atoms with Crippen molar-refractivity contribution in [2.24, 2.45) is 0 Å². The lowest BCUT2D eigenvalue weighted by Crippen LogP contribution is -2.50. The zero-order valence-corrected chi connectivity index (χ0v) is 11.0. The van der Waals surface area contributed by atoms with Crippen LogP contribution in [0.3, 0.4) is 0 Å². The van der Waals surface area contributed by atoms with Crippen molar-refractivity contribution in [3.05, 3.63) is 29.0 Å². The van der Waals surface area contributed by atoms with Crippen LogP contribution in [-0.2, 0) is 4.79 Å². The molecule has 2 N–H and O–H groups in total. The van der Waals surface area contributed by atoms with Crippen molar-refractivity contribution in [3.8, 4) is 0 Å². The molecule has 1 aliphatic rings. The molecule has 0 radical (unpaired) electrons. The van der Waals surface area contributed by atoms with E-state index in [-0.39, 0.29) is 10.9 Å². The Morgan fingerprint density at radius 2 is 2.39 bits per heavy atom. The fourth-order valence-corrected chi connectivity index (χ4v) is 2.47. The van der Waals surface area contributed by atoms with Crippen LogP contribution < -0.4 is 10.6 Å². The van der Waals surface area contributed by atoms with Crippen LogP contribution in [0.1, 0.15) is 26.2 Å². The summed E-state index contributed by atoms with van der Waals surface area (Å²) in [4.78, 5) is 12.3. The Bertz CT molecular complexity index is 458. The normalized spacial score (nSPS) is 23.1. The molecule has 1 unspecified atom stereocenters. The number of nitrogens with one attached hydrogen (secondary N) is 2. The van der Waals surface area contributed by atoms with Crippen LogP contribution >= 0.6 is 11.6 Å². The van der Waals surface area contributed by atoms with Crippen molar-refractivity contribution in [2.75, 3.05) is 11.9 Å². The molecular formula is C13H16ClFN2O. The number of hydrogen-bond acceptors (Lipinski definition) is 2. The first-order valence-corrected chi connectivity index (χ1v) is 6.47. The third kappa shape index (κ3) is 2.49. The Hall–Kier alpha value is -1.13. The average molecular weight is 271 g/mol. The number of rotatable bonds is 3. The second-order valence-corrected chi connectivity index (χ2v) is 4.96. The molecule has 1 fully saturated rings. The lowest BCUT2D eigenvalue weighted by molar-refractivity contribution is -0.122. The third-order valence-corrected chi connectivity index (χ3v) is 3.75. The molecule has 1 amide bonds. The molecule has 0 bridgehead atoms. The molecule has 2 rings (SSSR count).